The van der Waals surface area contributed by atoms with Crippen LogP contribution in [0.15, 0.2) is 18.5 Å². The van der Waals surface area contributed by atoms with E-state index in [9.17, 15) is 4.79 Å². The summed E-state index contributed by atoms with van der Waals surface area (Å²) in [5.41, 5.74) is 0. The first-order valence-electron chi connectivity index (χ1n) is 6.68. The molecule has 5 nitrogen and oxygen atoms in total. The first-order valence-corrected chi connectivity index (χ1v) is 6.68. The van der Waals surface area contributed by atoms with E-state index >= 15 is 0 Å². The van der Waals surface area contributed by atoms with Crippen LogP contribution in [-0.2, 0) is 11.3 Å². The molecule has 1 aliphatic rings. The molecule has 1 atom stereocenters. The van der Waals surface area contributed by atoms with Crippen LogP contribution in [0, 0.1) is 5.92 Å². The van der Waals surface area contributed by atoms with Gasteiger partial charge in [-0.15, -0.1) is 24.8 Å². The number of rotatable bonds is 6. The van der Waals surface area contributed by atoms with E-state index in [2.05, 4.69) is 10.4 Å². The van der Waals surface area contributed by atoms with Gasteiger partial charge in [0.05, 0.1) is 6.54 Å². The van der Waals surface area contributed by atoms with Gasteiger partial charge in [-0.1, -0.05) is 0 Å². The van der Waals surface area contributed by atoms with Crippen LogP contribution in [0.3, 0.4) is 0 Å². The molecule has 1 unspecified atom stereocenters. The lowest BCUT2D eigenvalue weighted by atomic mass is 10.0. The van der Waals surface area contributed by atoms with Crippen LogP contribution in [0.1, 0.15) is 19.3 Å². The van der Waals surface area contributed by atoms with Crippen molar-refractivity contribution >= 4 is 30.7 Å². The lowest BCUT2D eigenvalue weighted by Crippen LogP contribution is -2.30. The van der Waals surface area contributed by atoms with Crippen molar-refractivity contribution in [3.05, 3.63) is 18.5 Å². The molecule has 0 aliphatic carbocycles. The third-order valence-electron chi connectivity index (χ3n) is 3.58. The normalized spacial score (nSPS) is 17.1. The van der Waals surface area contributed by atoms with Crippen molar-refractivity contribution in [2.24, 2.45) is 5.92 Å². The topological polar surface area (TPSA) is 50.2 Å². The van der Waals surface area contributed by atoms with Gasteiger partial charge in [-0.3, -0.25) is 9.48 Å². The zero-order valence-corrected chi connectivity index (χ0v) is 13.5. The molecule has 0 aromatic carbocycles. The summed E-state index contributed by atoms with van der Waals surface area (Å²) < 4.78 is 1.85. The molecule has 20 heavy (non-hydrogen) atoms. The smallest absolute Gasteiger partial charge is 0.222 e. The van der Waals surface area contributed by atoms with Crippen LogP contribution in [0.5, 0.6) is 0 Å². The van der Waals surface area contributed by atoms with E-state index in [0.29, 0.717) is 12.3 Å². The van der Waals surface area contributed by atoms with E-state index in [1.165, 1.54) is 6.42 Å². The number of hydrogen-bond acceptors (Lipinski definition) is 3. The molecule has 2 heterocycles. The number of carbonyl (C=O) groups is 1. The van der Waals surface area contributed by atoms with Crippen molar-refractivity contribution in [2.75, 3.05) is 26.7 Å². The molecule has 0 bridgehead atoms. The molecule has 0 spiro atoms. The average molecular weight is 323 g/mol. The molecular formula is C13H24Cl2N4O. The molecule has 1 aromatic rings. The van der Waals surface area contributed by atoms with Gasteiger partial charge in [0.1, 0.15) is 0 Å². The highest BCUT2D eigenvalue weighted by molar-refractivity contribution is 5.85. The molecule has 116 valence electrons. The Hall–Kier alpha value is -0.780. The minimum Gasteiger partial charge on any atom is -0.344 e. The summed E-state index contributed by atoms with van der Waals surface area (Å²) in [7, 11) is 1.87. The Morgan fingerprint density at radius 3 is 2.90 bits per heavy atom. The Labute approximate surface area is 132 Å². The van der Waals surface area contributed by atoms with E-state index < -0.39 is 0 Å². The molecule has 0 saturated carbocycles. The Balaban J connectivity index is 0.00000180. The number of likely N-dealkylation sites (N-methyl/N-ethyl adjacent to an activating group) is 1. The van der Waals surface area contributed by atoms with Crippen LogP contribution in [-0.4, -0.2) is 47.3 Å². The van der Waals surface area contributed by atoms with E-state index in [0.717, 1.165) is 32.6 Å². The maximum atomic E-state index is 11.9. The second kappa shape index (κ2) is 10.0. The Bertz CT molecular complexity index is 366. The van der Waals surface area contributed by atoms with Crippen LogP contribution in [0.2, 0.25) is 0 Å². The van der Waals surface area contributed by atoms with Crippen molar-refractivity contribution in [1.29, 1.82) is 0 Å². The maximum absolute atomic E-state index is 11.9. The largest absolute Gasteiger partial charge is 0.344 e. The quantitative estimate of drug-likeness (QED) is 0.865. The van der Waals surface area contributed by atoms with Gasteiger partial charge < -0.3 is 10.2 Å². The van der Waals surface area contributed by atoms with Gasteiger partial charge in [0.15, 0.2) is 0 Å². The average Bonchev–Trinajstić information content (AvgIpc) is 3.05. The molecule has 0 radical (unpaired) electrons. The second-order valence-electron chi connectivity index (χ2n) is 4.98. The van der Waals surface area contributed by atoms with E-state index in [-0.39, 0.29) is 30.7 Å². The number of carbonyl (C=O) groups excluding carboxylic acids is 1. The molecule has 2 rings (SSSR count). The molecule has 1 aromatic heterocycles. The molecule has 1 aliphatic heterocycles. The molecule has 7 heteroatoms. The van der Waals surface area contributed by atoms with E-state index in [1.807, 2.05) is 28.9 Å². The highest BCUT2D eigenvalue weighted by Gasteiger charge is 2.17. The van der Waals surface area contributed by atoms with Gasteiger partial charge in [0.2, 0.25) is 5.91 Å². The summed E-state index contributed by atoms with van der Waals surface area (Å²) in [6, 6.07) is 1.90. The Morgan fingerprint density at radius 1 is 1.50 bits per heavy atom. The van der Waals surface area contributed by atoms with Crippen LogP contribution < -0.4 is 5.32 Å². The van der Waals surface area contributed by atoms with Crippen molar-refractivity contribution in [3.63, 3.8) is 0 Å². The highest BCUT2D eigenvalue weighted by Crippen LogP contribution is 2.14. The van der Waals surface area contributed by atoms with E-state index in [1.54, 1.807) is 6.20 Å². The lowest BCUT2D eigenvalue weighted by Gasteiger charge is -2.18. The summed E-state index contributed by atoms with van der Waals surface area (Å²) in [5.74, 6) is 0.933. The van der Waals surface area contributed by atoms with Gasteiger partial charge in [-0.2, -0.15) is 5.10 Å². The number of nitrogens with zero attached hydrogens (tertiary/aromatic N) is 3. The van der Waals surface area contributed by atoms with Crippen molar-refractivity contribution in [1.82, 2.24) is 20.0 Å². The molecule has 1 N–H and O–H groups in total. The summed E-state index contributed by atoms with van der Waals surface area (Å²) in [4.78, 5) is 13.7. The van der Waals surface area contributed by atoms with E-state index in [4.69, 9.17) is 0 Å². The summed E-state index contributed by atoms with van der Waals surface area (Å²) in [6.45, 7) is 3.67. The molecular weight excluding hydrogens is 299 g/mol. The maximum Gasteiger partial charge on any atom is 0.222 e. The summed E-state index contributed by atoms with van der Waals surface area (Å²) >= 11 is 0. The second-order valence-corrected chi connectivity index (χ2v) is 4.98. The van der Waals surface area contributed by atoms with Crippen molar-refractivity contribution in [2.45, 2.75) is 25.8 Å². The zero-order chi connectivity index (χ0) is 12.8. The number of aromatic nitrogens is 2. The first kappa shape index (κ1) is 19.2. The minimum absolute atomic E-state index is 0. The Kier molecular flexibility index (Phi) is 9.63. The molecule has 1 amide bonds. The van der Waals surface area contributed by atoms with Crippen LogP contribution >= 0.6 is 24.8 Å². The third kappa shape index (κ3) is 6.11. The van der Waals surface area contributed by atoms with Gasteiger partial charge in [0, 0.05) is 32.4 Å². The zero-order valence-electron chi connectivity index (χ0n) is 11.8. The third-order valence-corrected chi connectivity index (χ3v) is 3.58. The number of nitrogens with one attached hydrogen (secondary N) is 1. The Morgan fingerprint density at radius 2 is 2.30 bits per heavy atom. The van der Waals surface area contributed by atoms with Gasteiger partial charge in [-0.05, 0) is 37.9 Å². The van der Waals surface area contributed by atoms with Gasteiger partial charge in [-0.25, -0.2) is 0 Å². The lowest BCUT2D eigenvalue weighted by molar-refractivity contribution is -0.130. The fourth-order valence-electron chi connectivity index (χ4n) is 2.29. The van der Waals surface area contributed by atoms with Gasteiger partial charge >= 0.3 is 0 Å². The monoisotopic (exact) mass is 322 g/mol. The fraction of sp³-hybridized carbons (Fsp3) is 0.692. The highest BCUT2D eigenvalue weighted by atomic mass is 35.5. The van der Waals surface area contributed by atoms with Crippen LogP contribution in [0.4, 0.5) is 0 Å². The van der Waals surface area contributed by atoms with Crippen molar-refractivity contribution in [3.8, 4) is 0 Å². The number of hydrogen-bond donors (Lipinski definition) is 1. The summed E-state index contributed by atoms with van der Waals surface area (Å²) in [6.07, 6.45) is 6.57. The molecule has 1 saturated heterocycles. The minimum atomic E-state index is 0. The molecule has 1 fully saturated rings. The number of halogens is 2. The predicted molar refractivity (Wildman–Crippen MR) is 84.6 cm³/mol. The SMILES string of the molecule is CN(CCn1cccn1)C(=O)CCC1CCNC1.Cl.Cl. The number of amides is 1. The summed E-state index contributed by atoms with van der Waals surface area (Å²) in [5, 5.41) is 7.46. The predicted octanol–water partition coefficient (Wildman–Crippen LogP) is 1.57. The van der Waals surface area contributed by atoms with Crippen LogP contribution in [0.25, 0.3) is 0 Å². The van der Waals surface area contributed by atoms with Gasteiger partial charge in [0.25, 0.3) is 0 Å². The standard InChI is InChI=1S/C13H22N4O.2ClH/c1-16(9-10-17-8-2-6-15-17)13(18)4-3-12-5-7-14-11-12;;/h2,6,8,12,14H,3-5,7,9-11H2,1H3;2*1H. The van der Waals surface area contributed by atoms with Crippen molar-refractivity contribution < 1.29 is 4.79 Å². The first-order chi connectivity index (χ1) is 8.75. The fourth-order valence-corrected chi connectivity index (χ4v) is 2.29.